The van der Waals surface area contributed by atoms with Crippen LogP contribution in [0.25, 0.3) is 0 Å². The van der Waals surface area contributed by atoms with E-state index in [9.17, 15) is 0 Å². The van der Waals surface area contributed by atoms with Crippen LogP contribution >= 0.6 is 31.9 Å². The van der Waals surface area contributed by atoms with Gasteiger partial charge in [-0.1, -0.05) is 38.9 Å². The van der Waals surface area contributed by atoms with Crippen molar-refractivity contribution in [1.29, 1.82) is 0 Å². The first-order chi connectivity index (χ1) is 6.45. The van der Waals surface area contributed by atoms with Gasteiger partial charge in [0.2, 0.25) is 0 Å². The van der Waals surface area contributed by atoms with Crippen LogP contribution in [-0.4, -0.2) is 0 Å². The molecule has 0 aliphatic rings. The van der Waals surface area contributed by atoms with Gasteiger partial charge >= 0.3 is 0 Å². The monoisotopic (exact) mass is 240 g/mol. The minimum absolute atomic E-state index is 0.860. The van der Waals surface area contributed by atoms with Crippen molar-refractivity contribution in [1.82, 2.24) is 0 Å². The first kappa shape index (κ1) is 9.71. The van der Waals surface area contributed by atoms with E-state index in [0.29, 0.717) is 0 Å². The largest absolute Gasteiger partial charge is 0.0622 e. The highest BCUT2D eigenvalue weighted by atomic mass is 32.1. The van der Waals surface area contributed by atoms with Crippen LogP contribution in [0, 0.1) is 0 Å². The summed E-state index contributed by atoms with van der Waals surface area (Å²) in [6.07, 6.45) is 0. The molecule has 0 bridgehead atoms. The highest BCUT2D eigenvalue weighted by molar-refractivity contribution is 8.18. The SMILES string of the molecule is c1ccc(Pc2ccppp2)cc1. The minimum atomic E-state index is 0.860. The van der Waals surface area contributed by atoms with Crippen LogP contribution in [0.5, 0.6) is 0 Å². The Labute approximate surface area is 84.7 Å². The molecule has 0 aliphatic carbocycles. The summed E-state index contributed by atoms with van der Waals surface area (Å²) in [5.74, 6) is 2.25. The lowest BCUT2D eigenvalue weighted by Gasteiger charge is -1.99. The van der Waals surface area contributed by atoms with Crippen molar-refractivity contribution in [2.75, 3.05) is 0 Å². The third kappa shape index (κ3) is 3.09. The second-order valence-electron chi connectivity index (χ2n) is 2.50. The molecule has 0 fully saturated rings. The van der Waals surface area contributed by atoms with E-state index >= 15 is 0 Å². The molecule has 4 heteroatoms. The zero-order chi connectivity index (χ0) is 8.93. The van der Waals surface area contributed by atoms with Crippen molar-refractivity contribution < 1.29 is 0 Å². The highest BCUT2D eigenvalue weighted by Gasteiger charge is 1.93. The maximum absolute atomic E-state index is 2.28. The smallest absolute Gasteiger partial charge is 0.00963 e. The summed E-state index contributed by atoms with van der Waals surface area (Å²) in [4.78, 5) is 0. The maximum Gasteiger partial charge on any atom is 0.00963 e. The second-order valence-corrected chi connectivity index (χ2v) is 9.11. The van der Waals surface area contributed by atoms with E-state index in [2.05, 4.69) is 42.2 Å². The van der Waals surface area contributed by atoms with Crippen LogP contribution in [0.2, 0.25) is 0 Å². The predicted octanol–water partition coefficient (Wildman–Crippen LogP) is 4.06. The van der Waals surface area contributed by atoms with Gasteiger partial charge in [0, 0.05) is 5.04 Å². The molecule has 0 aliphatic heterocycles. The van der Waals surface area contributed by atoms with E-state index in [0.717, 1.165) is 8.58 Å². The fraction of sp³-hybridized carbons (Fsp3) is 0. The Morgan fingerprint density at radius 3 is 2.54 bits per heavy atom. The lowest BCUT2D eigenvalue weighted by atomic mass is 10.4. The number of benzene rings is 1. The molecule has 1 unspecified atom stereocenters. The van der Waals surface area contributed by atoms with Gasteiger partial charge in [-0.05, 0) is 40.5 Å². The Morgan fingerprint density at radius 2 is 1.85 bits per heavy atom. The van der Waals surface area contributed by atoms with E-state index in [4.69, 9.17) is 0 Å². The molecule has 0 spiro atoms. The van der Waals surface area contributed by atoms with Crippen molar-refractivity contribution in [3.05, 3.63) is 42.2 Å². The highest BCUT2D eigenvalue weighted by Crippen LogP contribution is 2.30. The van der Waals surface area contributed by atoms with Gasteiger partial charge in [-0.2, -0.15) is 0 Å². The van der Waals surface area contributed by atoms with Crippen LogP contribution in [0.3, 0.4) is 0 Å². The molecule has 0 N–H and O–H groups in total. The van der Waals surface area contributed by atoms with Crippen LogP contribution in [0.1, 0.15) is 0 Å². The van der Waals surface area contributed by atoms with Gasteiger partial charge in [-0.15, -0.1) is 0 Å². The van der Waals surface area contributed by atoms with Crippen molar-refractivity contribution >= 4 is 42.2 Å². The molecule has 0 amide bonds. The Kier molecular flexibility index (Phi) is 3.84. The number of hydrogen-bond acceptors (Lipinski definition) is 0. The second kappa shape index (κ2) is 5.14. The molecular formula is C9H8P4. The zero-order valence-corrected chi connectivity index (χ0v) is 10.6. The first-order valence-corrected chi connectivity index (χ1v) is 9.08. The number of rotatable bonds is 2. The lowest BCUT2D eigenvalue weighted by molar-refractivity contribution is 1.78. The third-order valence-corrected chi connectivity index (χ3v) is 8.03. The zero-order valence-electron chi connectivity index (χ0n) is 6.88. The normalized spacial score (nSPS) is 12.6. The molecule has 13 heavy (non-hydrogen) atoms. The fourth-order valence-electron chi connectivity index (χ4n) is 0.977. The minimum Gasteiger partial charge on any atom is -0.0622 e. The van der Waals surface area contributed by atoms with Crippen LogP contribution < -0.4 is 10.3 Å². The third-order valence-electron chi connectivity index (χ3n) is 1.55. The van der Waals surface area contributed by atoms with E-state index in [1.165, 1.54) is 28.6 Å². The van der Waals surface area contributed by atoms with Crippen molar-refractivity contribution in [3.8, 4) is 0 Å². The molecule has 1 aromatic heterocycles. The molecule has 0 radical (unpaired) electrons. The Hall–Kier alpha value is 0.160. The van der Waals surface area contributed by atoms with Crippen molar-refractivity contribution in [3.63, 3.8) is 0 Å². The van der Waals surface area contributed by atoms with Gasteiger partial charge in [-0.25, -0.2) is 0 Å². The van der Waals surface area contributed by atoms with Gasteiger partial charge in [0.25, 0.3) is 0 Å². The van der Waals surface area contributed by atoms with Crippen LogP contribution in [0.4, 0.5) is 0 Å². The van der Waals surface area contributed by atoms with Gasteiger partial charge in [0.15, 0.2) is 0 Å². The van der Waals surface area contributed by atoms with E-state index < -0.39 is 0 Å². The summed E-state index contributed by atoms with van der Waals surface area (Å²) in [7, 11) is 5.30. The summed E-state index contributed by atoms with van der Waals surface area (Å²) in [5, 5.41) is 3.01. The molecule has 64 valence electrons. The summed E-state index contributed by atoms with van der Waals surface area (Å²) in [5.41, 5.74) is 0. The maximum atomic E-state index is 2.28. The molecule has 0 saturated carbocycles. The number of hydrogen-bond donors (Lipinski definition) is 0. The Morgan fingerprint density at radius 1 is 1.00 bits per heavy atom. The summed E-state index contributed by atoms with van der Waals surface area (Å²) in [6, 6.07) is 13.0. The Bertz CT molecular complexity index is 322. The molecular weight excluding hydrogens is 232 g/mol. The van der Waals surface area contributed by atoms with E-state index in [1.54, 1.807) is 5.04 Å². The first-order valence-electron chi connectivity index (χ1n) is 3.91. The molecule has 0 nitrogen and oxygen atoms in total. The molecule has 0 saturated heterocycles. The molecule has 2 rings (SSSR count). The average molecular weight is 240 g/mol. The molecule has 1 aromatic carbocycles. The summed E-state index contributed by atoms with van der Waals surface area (Å²) in [6.45, 7) is 0. The standard InChI is InChI=1S/C9H8P4/c1-2-4-8(5-3-1)11-9-6-7-10-13-12-9/h1-7,11H. The molecule has 2 aromatic rings. The topological polar surface area (TPSA) is 0 Å². The van der Waals surface area contributed by atoms with Crippen molar-refractivity contribution in [2.45, 2.75) is 0 Å². The van der Waals surface area contributed by atoms with E-state index in [1.807, 2.05) is 0 Å². The van der Waals surface area contributed by atoms with Gasteiger partial charge < -0.3 is 0 Å². The molecule has 1 heterocycles. The fourth-order valence-corrected chi connectivity index (χ4v) is 7.76. The van der Waals surface area contributed by atoms with Crippen LogP contribution in [-0.2, 0) is 0 Å². The van der Waals surface area contributed by atoms with Gasteiger partial charge in [-0.3, -0.25) is 0 Å². The van der Waals surface area contributed by atoms with Crippen LogP contribution in [0.15, 0.2) is 42.2 Å². The average Bonchev–Trinajstić information content (AvgIpc) is 2.21. The summed E-state index contributed by atoms with van der Waals surface area (Å²) >= 11 is 0. The van der Waals surface area contributed by atoms with Crippen molar-refractivity contribution in [2.24, 2.45) is 0 Å². The summed E-state index contributed by atoms with van der Waals surface area (Å²) < 4.78 is 0. The van der Waals surface area contributed by atoms with E-state index in [-0.39, 0.29) is 0 Å². The predicted molar refractivity (Wildman–Crippen MR) is 68.0 cm³/mol. The quantitative estimate of drug-likeness (QED) is 0.694. The van der Waals surface area contributed by atoms with Gasteiger partial charge in [0.1, 0.15) is 0 Å². The molecule has 1 atom stereocenters. The lowest BCUT2D eigenvalue weighted by Crippen LogP contribution is -1.97. The van der Waals surface area contributed by atoms with Gasteiger partial charge in [0.05, 0.1) is 0 Å². The Balaban J connectivity index is 2.16.